The van der Waals surface area contributed by atoms with Gasteiger partial charge in [0.15, 0.2) is 6.10 Å². The highest BCUT2D eigenvalue weighted by atomic mass is 16.6. The third-order valence-electron chi connectivity index (χ3n) is 16.5. The Labute approximate surface area is 517 Å². The van der Waals surface area contributed by atoms with Gasteiger partial charge in [0, 0.05) is 19.3 Å². The molecule has 0 aromatic rings. The van der Waals surface area contributed by atoms with Gasteiger partial charge in [-0.05, 0) is 64.2 Å². The normalized spacial score (nSPS) is 12.4. The van der Waals surface area contributed by atoms with E-state index >= 15 is 0 Å². The van der Waals surface area contributed by atoms with Crippen molar-refractivity contribution in [2.45, 2.75) is 399 Å². The first-order chi connectivity index (χ1) is 41.0. The molecule has 0 heterocycles. The van der Waals surface area contributed by atoms with Gasteiger partial charge in [-0.1, -0.05) is 370 Å². The molecule has 0 rings (SSSR count). The van der Waals surface area contributed by atoms with Gasteiger partial charge in [-0.2, -0.15) is 0 Å². The van der Waals surface area contributed by atoms with Crippen LogP contribution in [-0.4, -0.2) is 37.2 Å². The number of allylic oxidation sites excluding steroid dienone is 10. The molecule has 1 atom stereocenters. The highest BCUT2D eigenvalue weighted by Crippen LogP contribution is 2.19. The Hall–Kier alpha value is -2.89. The van der Waals surface area contributed by atoms with E-state index in [0.29, 0.717) is 19.3 Å². The summed E-state index contributed by atoms with van der Waals surface area (Å²) in [6.07, 6.45) is 92.9. The van der Waals surface area contributed by atoms with Crippen molar-refractivity contribution in [1.29, 1.82) is 0 Å². The summed E-state index contributed by atoms with van der Waals surface area (Å²) in [6, 6.07) is 0. The average molecular weight is 1160 g/mol. The summed E-state index contributed by atoms with van der Waals surface area (Å²) in [5.41, 5.74) is 0. The minimum absolute atomic E-state index is 0.0742. The van der Waals surface area contributed by atoms with E-state index in [1.807, 2.05) is 0 Å². The van der Waals surface area contributed by atoms with E-state index in [1.165, 1.54) is 257 Å². The number of hydrogen-bond acceptors (Lipinski definition) is 6. The van der Waals surface area contributed by atoms with E-state index in [0.717, 1.165) is 96.3 Å². The lowest BCUT2D eigenvalue weighted by atomic mass is 10.0. The van der Waals surface area contributed by atoms with Gasteiger partial charge in [0.25, 0.3) is 0 Å². The van der Waals surface area contributed by atoms with Gasteiger partial charge in [-0.25, -0.2) is 0 Å². The molecule has 0 aromatic heterocycles. The van der Waals surface area contributed by atoms with Gasteiger partial charge in [-0.15, -0.1) is 0 Å². The summed E-state index contributed by atoms with van der Waals surface area (Å²) in [6.45, 7) is 6.56. The fourth-order valence-corrected chi connectivity index (χ4v) is 11.1. The molecule has 0 aliphatic carbocycles. The number of carbonyl (C=O) groups excluding carboxylic acids is 3. The lowest BCUT2D eigenvalue weighted by Gasteiger charge is -2.18. The Morgan fingerprint density at radius 1 is 0.253 bits per heavy atom. The standard InChI is InChI=1S/C77H140O6/c1-4-7-10-13-16-19-21-23-25-27-29-31-33-34-35-36-37-38-39-40-41-42-44-45-47-49-51-53-55-58-61-64-67-70-76(79)82-73-74(72-81-75(78)69-66-63-60-57-18-15-12-9-6-3)83-77(80)71-68-65-62-59-56-54-52-50-48-46-43-32-30-28-26-24-22-20-17-14-11-8-5-2/h8,11,17,20,24,26,30,32,46,48,74H,4-7,9-10,12-16,18-19,21-23,25,27-29,31,33-45,47,49-73H2,1-3H3/b11-8-,20-17-,26-24-,32-30-,48-46-. The third-order valence-corrected chi connectivity index (χ3v) is 16.5. The lowest BCUT2D eigenvalue weighted by Crippen LogP contribution is -2.30. The monoisotopic (exact) mass is 1160 g/mol. The summed E-state index contributed by atoms with van der Waals surface area (Å²) in [5, 5.41) is 0. The maximum atomic E-state index is 12.9. The summed E-state index contributed by atoms with van der Waals surface area (Å²) >= 11 is 0. The minimum atomic E-state index is -0.778. The van der Waals surface area contributed by atoms with Crippen molar-refractivity contribution in [1.82, 2.24) is 0 Å². The first-order valence-electron chi connectivity index (χ1n) is 36.8. The molecule has 0 aliphatic heterocycles. The maximum Gasteiger partial charge on any atom is 0.306 e. The van der Waals surface area contributed by atoms with Gasteiger partial charge in [0.05, 0.1) is 0 Å². The molecule has 484 valence electrons. The Morgan fingerprint density at radius 2 is 0.470 bits per heavy atom. The van der Waals surface area contributed by atoms with Crippen LogP contribution in [0.1, 0.15) is 393 Å². The van der Waals surface area contributed by atoms with Crippen molar-refractivity contribution in [2.75, 3.05) is 13.2 Å². The number of unbranched alkanes of at least 4 members (excludes halogenated alkanes) is 47. The summed E-state index contributed by atoms with van der Waals surface area (Å²) in [5.74, 6) is -0.866. The molecule has 0 amide bonds. The van der Waals surface area contributed by atoms with Crippen LogP contribution in [0.5, 0.6) is 0 Å². The quantitative estimate of drug-likeness (QED) is 0.0261. The van der Waals surface area contributed by atoms with E-state index in [2.05, 4.69) is 81.5 Å². The largest absolute Gasteiger partial charge is 0.462 e. The highest BCUT2D eigenvalue weighted by molar-refractivity contribution is 5.71. The van der Waals surface area contributed by atoms with Crippen molar-refractivity contribution >= 4 is 17.9 Å². The van der Waals surface area contributed by atoms with Gasteiger partial charge in [-0.3, -0.25) is 14.4 Å². The zero-order valence-corrected chi connectivity index (χ0v) is 55.7. The molecule has 83 heavy (non-hydrogen) atoms. The van der Waals surface area contributed by atoms with Crippen molar-refractivity contribution in [3.05, 3.63) is 60.8 Å². The molecule has 0 aromatic carbocycles. The molecule has 6 nitrogen and oxygen atoms in total. The van der Waals surface area contributed by atoms with Gasteiger partial charge >= 0.3 is 17.9 Å². The highest BCUT2D eigenvalue weighted by Gasteiger charge is 2.19. The number of hydrogen-bond donors (Lipinski definition) is 0. The molecule has 6 heteroatoms. The van der Waals surface area contributed by atoms with Crippen LogP contribution in [0.25, 0.3) is 0 Å². The third kappa shape index (κ3) is 69.8. The fourth-order valence-electron chi connectivity index (χ4n) is 11.1. The number of rotatable bonds is 68. The van der Waals surface area contributed by atoms with Gasteiger partial charge in [0.2, 0.25) is 0 Å². The van der Waals surface area contributed by atoms with E-state index < -0.39 is 6.10 Å². The van der Waals surface area contributed by atoms with Crippen LogP contribution in [0.15, 0.2) is 60.8 Å². The van der Waals surface area contributed by atoms with Crippen LogP contribution in [0.4, 0.5) is 0 Å². The second kappa shape index (κ2) is 71.6. The molecule has 1 unspecified atom stereocenters. The Morgan fingerprint density at radius 3 is 0.735 bits per heavy atom. The van der Waals surface area contributed by atoms with Crippen LogP contribution in [0.3, 0.4) is 0 Å². The van der Waals surface area contributed by atoms with E-state index in [1.54, 1.807) is 0 Å². The second-order valence-electron chi connectivity index (χ2n) is 24.8. The Kier molecular flexibility index (Phi) is 69.1. The molecular weight excluding hydrogens is 1020 g/mol. The van der Waals surface area contributed by atoms with E-state index in [4.69, 9.17) is 14.2 Å². The topological polar surface area (TPSA) is 78.9 Å². The molecule has 0 aliphatic rings. The second-order valence-corrected chi connectivity index (χ2v) is 24.8. The fraction of sp³-hybridized carbons (Fsp3) is 0.831. The predicted molar refractivity (Wildman–Crippen MR) is 362 cm³/mol. The van der Waals surface area contributed by atoms with Crippen LogP contribution in [-0.2, 0) is 28.6 Å². The first-order valence-corrected chi connectivity index (χ1v) is 36.8. The van der Waals surface area contributed by atoms with Crippen molar-refractivity contribution in [3.8, 4) is 0 Å². The van der Waals surface area contributed by atoms with E-state index in [9.17, 15) is 14.4 Å². The van der Waals surface area contributed by atoms with Gasteiger partial charge in [0.1, 0.15) is 13.2 Å². The molecular formula is C77H140O6. The molecule has 0 N–H and O–H groups in total. The van der Waals surface area contributed by atoms with Crippen molar-refractivity contribution < 1.29 is 28.6 Å². The van der Waals surface area contributed by atoms with Gasteiger partial charge < -0.3 is 14.2 Å². The first kappa shape index (κ1) is 80.1. The Bertz CT molecular complexity index is 1470. The molecule has 0 bridgehead atoms. The Balaban J connectivity index is 4.06. The molecule has 0 radical (unpaired) electrons. The SMILES string of the molecule is CC/C=C\C/C=C\C/C=C\C/C=C\C/C=C\CCCCCCCCCC(=O)OC(COC(=O)CCCCCCCCCCC)COC(=O)CCCCCCCCCCCCCCCCCCCCCCCCCCCCCCCCCCC. The number of esters is 3. The van der Waals surface area contributed by atoms with E-state index in [-0.39, 0.29) is 31.1 Å². The molecule has 0 spiro atoms. The van der Waals surface area contributed by atoms with Crippen molar-refractivity contribution in [2.24, 2.45) is 0 Å². The van der Waals surface area contributed by atoms with Crippen molar-refractivity contribution in [3.63, 3.8) is 0 Å². The average Bonchev–Trinajstić information content (AvgIpc) is 3.49. The van der Waals surface area contributed by atoms with Crippen LogP contribution >= 0.6 is 0 Å². The molecule has 0 saturated heterocycles. The van der Waals surface area contributed by atoms with Crippen LogP contribution in [0.2, 0.25) is 0 Å². The molecule has 0 saturated carbocycles. The zero-order valence-electron chi connectivity index (χ0n) is 55.7. The number of carbonyl (C=O) groups is 3. The molecule has 0 fully saturated rings. The summed E-state index contributed by atoms with van der Waals surface area (Å²) in [4.78, 5) is 38.3. The number of ether oxygens (including phenoxy) is 3. The zero-order chi connectivity index (χ0) is 59.9. The predicted octanol–water partition coefficient (Wildman–Crippen LogP) is 25.5. The maximum absolute atomic E-state index is 12.9. The van der Waals surface area contributed by atoms with Crippen LogP contribution < -0.4 is 0 Å². The lowest BCUT2D eigenvalue weighted by molar-refractivity contribution is -0.167. The minimum Gasteiger partial charge on any atom is -0.462 e. The summed E-state index contributed by atoms with van der Waals surface area (Å²) in [7, 11) is 0. The smallest absolute Gasteiger partial charge is 0.306 e. The summed E-state index contributed by atoms with van der Waals surface area (Å²) < 4.78 is 16.9. The van der Waals surface area contributed by atoms with Crippen LogP contribution in [0, 0.1) is 0 Å².